The van der Waals surface area contributed by atoms with E-state index in [1.54, 1.807) is 23.8 Å². The van der Waals surface area contributed by atoms with Gasteiger partial charge in [0.2, 0.25) is 11.9 Å². The minimum Gasteiger partial charge on any atom is -0.404 e. The van der Waals surface area contributed by atoms with Crippen molar-refractivity contribution in [3.05, 3.63) is 53.8 Å². The Kier molecular flexibility index (Phi) is 5.50. The Bertz CT molecular complexity index is 918. The van der Waals surface area contributed by atoms with Gasteiger partial charge in [0.25, 0.3) is 0 Å². The fourth-order valence-corrected chi connectivity index (χ4v) is 2.75. The first kappa shape index (κ1) is 18.6. The Labute approximate surface area is 155 Å². The predicted octanol–water partition coefficient (Wildman–Crippen LogP) is 3.76. The van der Waals surface area contributed by atoms with E-state index in [1.807, 2.05) is 0 Å². The Morgan fingerprint density at radius 1 is 1.15 bits per heavy atom. The average Bonchev–Trinajstić information content (AvgIpc) is 3.03. The van der Waals surface area contributed by atoms with E-state index < -0.39 is 18.0 Å². The summed E-state index contributed by atoms with van der Waals surface area (Å²) in [5.74, 6) is -0.651. The molecule has 1 amide bonds. The van der Waals surface area contributed by atoms with Gasteiger partial charge < -0.3 is 15.4 Å². The molecule has 0 bridgehead atoms. The monoisotopic (exact) mass is 395 g/mol. The molecule has 27 heavy (non-hydrogen) atoms. The zero-order valence-electron chi connectivity index (χ0n) is 13.5. The number of benzene rings is 1. The summed E-state index contributed by atoms with van der Waals surface area (Å²) in [6.07, 6.45) is -1.83. The van der Waals surface area contributed by atoms with Crippen molar-refractivity contribution < 1.29 is 22.7 Å². The average molecular weight is 395 g/mol. The highest BCUT2D eigenvalue weighted by Gasteiger charge is 2.32. The number of hydrogen-bond acceptors (Lipinski definition) is 7. The van der Waals surface area contributed by atoms with Crippen molar-refractivity contribution in [2.45, 2.75) is 12.8 Å². The quantitative estimate of drug-likeness (QED) is 0.661. The largest absolute Gasteiger partial charge is 0.573 e. The molecule has 0 spiro atoms. The molecule has 1 aromatic carbocycles. The van der Waals surface area contributed by atoms with Gasteiger partial charge in [-0.25, -0.2) is 15.0 Å². The molecule has 0 aliphatic heterocycles. The van der Waals surface area contributed by atoms with Crippen molar-refractivity contribution in [3.63, 3.8) is 0 Å². The molecule has 0 atom stereocenters. The molecule has 0 aliphatic rings. The Hall–Kier alpha value is -3.21. The maximum absolute atomic E-state index is 12.4. The fraction of sp³-hybridized carbons (Fsp3) is 0.125. The molecule has 0 aliphatic carbocycles. The van der Waals surface area contributed by atoms with Gasteiger partial charge in [0.1, 0.15) is 0 Å². The van der Waals surface area contributed by atoms with Crippen molar-refractivity contribution in [2.24, 2.45) is 0 Å². The number of anilines is 3. The summed E-state index contributed by atoms with van der Waals surface area (Å²) in [5, 5.41) is 7.43. The first-order valence-electron chi connectivity index (χ1n) is 7.52. The van der Waals surface area contributed by atoms with Crippen molar-refractivity contribution in [1.29, 1.82) is 0 Å². The van der Waals surface area contributed by atoms with Gasteiger partial charge in [0.15, 0.2) is 10.9 Å². The van der Waals surface area contributed by atoms with Crippen LogP contribution in [0.15, 0.2) is 48.1 Å². The third-order valence-corrected chi connectivity index (χ3v) is 3.87. The molecule has 0 unspecified atom stereocenters. The zero-order valence-corrected chi connectivity index (χ0v) is 14.3. The smallest absolute Gasteiger partial charge is 0.404 e. The molecule has 0 saturated carbocycles. The predicted molar refractivity (Wildman–Crippen MR) is 92.9 cm³/mol. The molecule has 3 rings (SSSR count). The van der Waals surface area contributed by atoms with Crippen LogP contribution in [0.25, 0.3) is 0 Å². The van der Waals surface area contributed by atoms with E-state index in [-0.39, 0.29) is 12.1 Å². The number of amides is 1. The third-order valence-electron chi connectivity index (χ3n) is 3.06. The molecule has 0 fully saturated rings. The first-order chi connectivity index (χ1) is 12.9. The number of nitrogens with zero attached hydrogens (tertiary/aromatic N) is 3. The lowest BCUT2D eigenvalue weighted by Gasteiger charge is -2.13. The van der Waals surface area contributed by atoms with E-state index in [9.17, 15) is 18.0 Å². The minimum absolute atomic E-state index is 0.0777. The molecule has 11 heteroatoms. The molecular weight excluding hydrogens is 383 g/mol. The standard InChI is InChI=1S/C16H12F3N5O2S/c17-16(18,19)26-12-5-2-1-4-11(12)23-13(25)8-10-9-27-15(22-10)24-14-20-6-3-7-21-14/h1-7,9H,8H2,(H,23,25)(H,20,21,22,24). The number of carbonyl (C=O) groups excluding carboxylic acids is 1. The molecular formula is C16H12F3N5O2S. The van der Waals surface area contributed by atoms with Gasteiger partial charge in [-0.15, -0.1) is 24.5 Å². The molecule has 0 radical (unpaired) electrons. The van der Waals surface area contributed by atoms with Gasteiger partial charge in [-0.05, 0) is 18.2 Å². The number of alkyl halides is 3. The van der Waals surface area contributed by atoms with Crippen LogP contribution in [-0.4, -0.2) is 27.2 Å². The van der Waals surface area contributed by atoms with Gasteiger partial charge in [0.05, 0.1) is 17.8 Å². The second-order valence-electron chi connectivity index (χ2n) is 5.11. The van der Waals surface area contributed by atoms with E-state index in [4.69, 9.17) is 0 Å². The molecule has 3 aromatic rings. The van der Waals surface area contributed by atoms with Crippen LogP contribution in [0, 0.1) is 0 Å². The van der Waals surface area contributed by atoms with Crippen LogP contribution in [0.4, 0.5) is 29.9 Å². The number of hydrogen-bond donors (Lipinski definition) is 2. The molecule has 7 nitrogen and oxygen atoms in total. The van der Waals surface area contributed by atoms with Crippen LogP contribution in [0.3, 0.4) is 0 Å². The molecule has 140 valence electrons. The van der Waals surface area contributed by atoms with Crippen LogP contribution < -0.4 is 15.4 Å². The van der Waals surface area contributed by atoms with E-state index in [0.29, 0.717) is 16.8 Å². The normalized spacial score (nSPS) is 11.1. The van der Waals surface area contributed by atoms with Gasteiger partial charge >= 0.3 is 6.36 Å². The van der Waals surface area contributed by atoms with E-state index in [1.165, 1.54) is 29.5 Å². The zero-order chi connectivity index (χ0) is 19.3. The highest BCUT2D eigenvalue weighted by atomic mass is 32.1. The number of ether oxygens (including phenoxy) is 1. The van der Waals surface area contributed by atoms with E-state index in [2.05, 4.69) is 30.3 Å². The minimum atomic E-state index is -4.85. The van der Waals surface area contributed by atoms with Gasteiger partial charge in [-0.2, -0.15) is 0 Å². The summed E-state index contributed by atoms with van der Waals surface area (Å²) in [6, 6.07) is 6.97. The number of nitrogens with one attached hydrogen (secondary N) is 2. The second kappa shape index (κ2) is 7.99. The maximum atomic E-state index is 12.4. The van der Waals surface area contributed by atoms with E-state index in [0.717, 1.165) is 6.07 Å². The van der Waals surface area contributed by atoms with Crippen LogP contribution in [0.2, 0.25) is 0 Å². The number of carbonyl (C=O) groups is 1. The van der Waals surface area contributed by atoms with Gasteiger partial charge in [-0.1, -0.05) is 12.1 Å². The van der Waals surface area contributed by atoms with Crippen molar-refractivity contribution >= 4 is 34.0 Å². The summed E-state index contributed by atoms with van der Waals surface area (Å²) < 4.78 is 41.2. The number of para-hydroxylation sites is 2. The highest BCUT2D eigenvalue weighted by Crippen LogP contribution is 2.30. The third kappa shape index (κ3) is 5.64. The number of aromatic nitrogens is 3. The lowest BCUT2D eigenvalue weighted by molar-refractivity contribution is -0.274. The Balaban J connectivity index is 1.62. The van der Waals surface area contributed by atoms with Gasteiger partial charge in [0, 0.05) is 17.8 Å². The molecule has 2 heterocycles. The summed E-state index contributed by atoms with van der Waals surface area (Å²) >= 11 is 1.25. The van der Waals surface area contributed by atoms with Crippen LogP contribution in [0.1, 0.15) is 5.69 Å². The van der Waals surface area contributed by atoms with Crippen molar-refractivity contribution in [2.75, 3.05) is 10.6 Å². The Morgan fingerprint density at radius 3 is 2.63 bits per heavy atom. The summed E-state index contributed by atoms with van der Waals surface area (Å²) in [6.45, 7) is 0. The Morgan fingerprint density at radius 2 is 1.89 bits per heavy atom. The second-order valence-corrected chi connectivity index (χ2v) is 5.97. The number of rotatable bonds is 6. The highest BCUT2D eigenvalue weighted by molar-refractivity contribution is 7.13. The van der Waals surface area contributed by atoms with Crippen LogP contribution in [-0.2, 0) is 11.2 Å². The SMILES string of the molecule is O=C(Cc1csc(Nc2ncccn2)n1)Nc1ccccc1OC(F)(F)F. The van der Waals surface area contributed by atoms with Gasteiger partial charge in [-0.3, -0.25) is 4.79 Å². The van der Waals surface area contributed by atoms with Crippen LogP contribution in [0.5, 0.6) is 5.75 Å². The summed E-state index contributed by atoms with van der Waals surface area (Å²) in [4.78, 5) is 24.4. The summed E-state index contributed by atoms with van der Waals surface area (Å²) in [5.41, 5.74) is 0.372. The lowest BCUT2D eigenvalue weighted by Crippen LogP contribution is -2.20. The lowest BCUT2D eigenvalue weighted by atomic mass is 10.2. The fourth-order valence-electron chi connectivity index (χ4n) is 2.05. The molecule has 2 aromatic heterocycles. The van der Waals surface area contributed by atoms with Crippen molar-refractivity contribution in [3.8, 4) is 5.75 Å². The first-order valence-corrected chi connectivity index (χ1v) is 8.40. The summed E-state index contributed by atoms with van der Waals surface area (Å²) in [7, 11) is 0. The van der Waals surface area contributed by atoms with E-state index >= 15 is 0 Å². The maximum Gasteiger partial charge on any atom is 0.573 e. The number of halogens is 3. The molecule has 0 saturated heterocycles. The van der Waals surface area contributed by atoms with Crippen molar-refractivity contribution in [1.82, 2.24) is 15.0 Å². The topological polar surface area (TPSA) is 89.0 Å². The van der Waals surface area contributed by atoms with Crippen LogP contribution >= 0.6 is 11.3 Å². The number of thiazole rings is 1. The molecule has 2 N–H and O–H groups in total.